The Bertz CT molecular complexity index is 939. The maximum Gasteiger partial charge on any atom is 0.279 e. The monoisotopic (exact) mass is 414 g/mol. The molecule has 0 radical (unpaired) electrons. The van der Waals surface area contributed by atoms with Crippen molar-refractivity contribution in [2.24, 2.45) is 0 Å². The van der Waals surface area contributed by atoms with Gasteiger partial charge in [0.1, 0.15) is 0 Å². The summed E-state index contributed by atoms with van der Waals surface area (Å²) in [7, 11) is 0. The summed E-state index contributed by atoms with van der Waals surface area (Å²) >= 11 is 3.44. The molecule has 4 rings (SSSR count). The molecule has 0 saturated heterocycles. The molecule has 3 aromatic rings. The maximum absolute atomic E-state index is 12.8. The molecule has 0 aliphatic heterocycles. The largest absolute Gasteiger partial charge is 0.304 e. The number of H-pyrrole nitrogens is 1. The van der Waals surface area contributed by atoms with Crippen LogP contribution >= 0.6 is 15.9 Å². The van der Waals surface area contributed by atoms with Gasteiger partial charge in [0.05, 0.1) is 11.4 Å². The van der Waals surface area contributed by atoms with Gasteiger partial charge in [0.2, 0.25) is 0 Å². The summed E-state index contributed by atoms with van der Waals surface area (Å²) in [4.78, 5) is 12.8. The summed E-state index contributed by atoms with van der Waals surface area (Å²) in [6, 6.07) is 9.65. The van der Waals surface area contributed by atoms with E-state index in [1.807, 2.05) is 30.3 Å². The normalized spacial score (nSPS) is 14.0. The van der Waals surface area contributed by atoms with Crippen molar-refractivity contribution in [3.05, 3.63) is 51.9 Å². The fourth-order valence-electron chi connectivity index (χ4n) is 2.82. The van der Waals surface area contributed by atoms with Crippen LogP contribution in [0.5, 0.6) is 0 Å². The summed E-state index contributed by atoms with van der Waals surface area (Å²) < 4.78 is 2.76. The summed E-state index contributed by atoms with van der Waals surface area (Å²) in [5.41, 5.74) is 3.10. The quantitative estimate of drug-likeness (QED) is 0.659. The highest BCUT2D eigenvalue weighted by Crippen LogP contribution is 2.42. The Kier molecular flexibility index (Phi) is 4.36. The Hall–Kier alpha value is -2.48. The van der Waals surface area contributed by atoms with Crippen molar-refractivity contribution < 1.29 is 4.79 Å². The molecule has 1 aliphatic rings. The summed E-state index contributed by atoms with van der Waals surface area (Å²) in [6.45, 7) is 4.13. The Balaban J connectivity index is 1.63. The third-order valence-corrected chi connectivity index (χ3v) is 4.95. The van der Waals surface area contributed by atoms with E-state index in [9.17, 15) is 4.79 Å². The Labute approximate surface area is 159 Å². The Morgan fingerprint density at radius 1 is 1.31 bits per heavy atom. The molecule has 7 nitrogen and oxygen atoms in total. The second kappa shape index (κ2) is 6.68. The van der Waals surface area contributed by atoms with Crippen LogP contribution in [0.2, 0.25) is 0 Å². The number of rotatable bonds is 5. The van der Waals surface area contributed by atoms with Gasteiger partial charge in [-0.3, -0.25) is 9.89 Å². The number of nitrogens with one attached hydrogen (secondary N) is 2. The van der Waals surface area contributed by atoms with E-state index in [1.54, 1.807) is 4.68 Å². The van der Waals surface area contributed by atoms with Crippen LogP contribution in [-0.4, -0.2) is 31.1 Å². The van der Waals surface area contributed by atoms with Crippen molar-refractivity contribution in [1.82, 2.24) is 25.2 Å². The fourth-order valence-corrected chi connectivity index (χ4v) is 3.08. The fraction of sp³-hybridized carbons (Fsp3) is 0.333. The van der Waals surface area contributed by atoms with E-state index in [0.717, 1.165) is 34.4 Å². The number of hydrogen-bond donors (Lipinski definition) is 2. The average molecular weight is 415 g/mol. The molecule has 1 amide bonds. The lowest BCUT2D eigenvalue weighted by atomic mass is 10.1. The number of carbonyl (C=O) groups excluding carboxylic acids is 1. The van der Waals surface area contributed by atoms with Gasteiger partial charge < -0.3 is 5.32 Å². The van der Waals surface area contributed by atoms with E-state index in [1.165, 1.54) is 0 Å². The van der Waals surface area contributed by atoms with Crippen molar-refractivity contribution in [1.29, 1.82) is 0 Å². The topological polar surface area (TPSA) is 88.5 Å². The van der Waals surface area contributed by atoms with E-state index in [-0.39, 0.29) is 5.91 Å². The van der Waals surface area contributed by atoms with Crippen molar-refractivity contribution >= 4 is 27.7 Å². The van der Waals surface area contributed by atoms with Crippen molar-refractivity contribution in [3.63, 3.8) is 0 Å². The average Bonchev–Trinajstić information content (AvgIpc) is 3.17. The predicted molar refractivity (Wildman–Crippen MR) is 102 cm³/mol. The highest BCUT2D eigenvalue weighted by molar-refractivity contribution is 9.10. The van der Waals surface area contributed by atoms with Gasteiger partial charge in [-0.2, -0.15) is 5.10 Å². The molecule has 26 heavy (non-hydrogen) atoms. The van der Waals surface area contributed by atoms with Crippen LogP contribution in [0.25, 0.3) is 5.69 Å². The zero-order chi connectivity index (χ0) is 18.3. The maximum atomic E-state index is 12.8. The molecule has 1 aliphatic carbocycles. The van der Waals surface area contributed by atoms with Crippen LogP contribution in [0.1, 0.15) is 60.4 Å². The van der Waals surface area contributed by atoms with Crippen LogP contribution < -0.4 is 5.32 Å². The lowest BCUT2D eigenvalue weighted by Crippen LogP contribution is -2.15. The van der Waals surface area contributed by atoms with E-state index in [0.29, 0.717) is 23.3 Å². The minimum absolute atomic E-state index is 0.280. The smallest absolute Gasteiger partial charge is 0.279 e. The van der Waals surface area contributed by atoms with E-state index in [2.05, 4.69) is 55.6 Å². The zero-order valence-electron chi connectivity index (χ0n) is 14.5. The lowest BCUT2D eigenvalue weighted by Gasteiger charge is -2.07. The van der Waals surface area contributed by atoms with Crippen molar-refractivity contribution in [2.45, 2.75) is 38.5 Å². The molecule has 134 valence electrons. The van der Waals surface area contributed by atoms with Crippen LogP contribution in [0.3, 0.4) is 0 Å². The number of benzene rings is 1. The SMILES string of the molecule is CC(C)c1cc(NC(=O)c2nnn(-c3ccc(Br)cc3)c2C2CC2)n[nH]1. The van der Waals surface area contributed by atoms with Gasteiger partial charge in [-0.25, -0.2) is 4.68 Å². The molecule has 1 saturated carbocycles. The van der Waals surface area contributed by atoms with Gasteiger partial charge >= 0.3 is 0 Å². The van der Waals surface area contributed by atoms with Crippen molar-refractivity contribution in [2.75, 3.05) is 5.32 Å². The van der Waals surface area contributed by atoms with Gasteiger partial charge in [0.25, 0.3) is 5.91 Å². The standard InChI is InChI=1S/C18H19BrN6O/c1-10(2)14-9-15(22-21-14)20-18(26)16-17(11-3-4-11)25(24-23-16)13-7-5-12(19)6-8-13/h5-11H,3-4H2,1-2H3,(H2,20,21,22,26). The van der Waals surface area contributed by atoms with Gasteiger partial charge in [0.15, 0.2) is 11.5 Å². The first-order valence-electron chi connectivity index (χ1n) is 8.61. The first-order chi connectivity index (χ1) is 12.5. The van der Waals surface area contributed by atoms with Gasteiger partial charge in [-0.05, 0) is 43.0 Å². The molecule has 1 aromatic carbocycles. The molecule has 2 N–H and O–H groups in total. The first kappa shape index (κ1) is 17.0. The van der Waals surface area contributed by atoms with E-state index in [4.69, 9.17) is 0 Å². The van der Waals surface area contributed by atoms with Gasteiger partial charge in [0, 0.05) is 22.2 Å². The molecule has 8 heteroatoms. The summed E-state index contributed by atoms with van der Waals surface area (Å²) in [6.07, 6.45) is 2.09. The third kappa shape index (κ3) is 3.29. The number of carbonyl (C=O) groups is 1. The zero-order valence-corrected chi connectivity index (χ0v) is 16.1. The number of anilines is 1. The first-order valence-corrected chi connectivity index (χ1v) is 9.40. The molecule has 0 bridgehead atoms. The molecule has 0 spiro atoms. The van der Waals surface area contributed by atoms with Crippen LogP contribution in [0.4, 0.5) is 5.82 Å². The lowest BCUT2D eigenvalue weighted by molar-refractivity contribution is 0.102. The molecule has 2 heterocycles. The predicted octanol–water partition coefficient (Wildman–Crippen LogP) is 4.01. The molecule has 0 unspecified atom stereocenters. The van der Waals surface area contributed by atoms with Crippen molar-refractivity contribution in [3.8, 4) is 5.69 Å². The Morgan fingerprint density at radius 3 is 2.65 bits per heavy atom. The van der Waals surface area contributed by atoms with Gasteiger partial charge in [-0.1, -0.05) is 35.0 Å². The number of nitrogens with zero attached hydrogens (tertiary/aromatic N) is 4. The molecule has 0 atom stereocenters. The summed E-state index contributed by atoms with van der Waals surface area (Å²) in [5.74, 6) is 0.851. The second-order valence-corrected chi connectivity index (χ2v) is 7.72. The number of halogens is 1. The number of amides is 1. The number of aromatic amines is 1. The third-order valence-electron chi connectivity index (χ3n) is 4.42. The van der Waals surface area contributed by atoms with E-state index >= 15 is 0 Å². The molecule has 1 fully saturated rings. The van der Waals surface area contributed by atoms with Gasteiger partial charge in [-0.15, -0.1) is 5.10 Å². The minimum atomic E-state index is -0.280. The number of hydrogen-bond acceptors (Lipinski definition) is 4. The molecular weight excluding hydrogens is 396 g/mol. The Morgan fingerprint density at radius 2 is 2.04 bits per heavy atom. The molecular formula is C18H19BrN6O. The van der Waals surface area contributed by atoms with E-state index < -0.39 is 0 Å². The highest BCUT2D eigenvalue weighted by atomic mass is 79.9. The number of aromatic nitrogens is 5. The van der Waals surface area contributed by atoms with Crippen LogP contribution in [-0.2, 0) is 0 Å². The second-order valence-electron chi connectivity index (χ2n) is 6.80. The highest BCUT2D eigenvalue weighted by Gasteiger charge is 2.34. The minimum Gasteiger partial charge on any atom is -0.304 e. The molecule has 2 aromatic heterocycles. The summed E-state index contributed by atoms with van der Waals surface area (Å²) in [5, 5.41) is 18.3. The van der Waals surface area contributed by atoms with Crippen LogP contribution in [0, 0.1) is 0 Å². The van der Waals surface area contributed by atoms with Crippen LogP contribution in [0.15, 0.2) is 34.8 Å².